The molecular weight excluding hydrogens is 354 g/mol. The first-order valence-corrected chi connectivity index (χ1v) is 7.97. The molecule has 0 aliphatic carbocycles. The number of rotatable bonds is 6. The molecule has 0 spiro atoms. The van der Waals surface area contributed by atoms with Crippen LogP contribution >= 0.6 is 15.9 Å². The monoisotopic (exact) mass is 371 g/mol. The van der Waals surface area contributed by atoms with Gasteiger partial charge >= 0.3 is 0 Å². The van der Waals surface area contributed by atoms with E-state index >= 15 is 0 Å². The third-order valence-corrected chi connectivity index (χ3v) is 3.42. The summed E-state index contributed by atoms with van der Waals surface area (Å²) in [7, 11) is 0. The van der Waals surface area contributed by atoms with Crippen molar-refractivity contribution >= 4 is 39.8 Å². The van der Waals surface area contributed by atoms with Gasteiger partial charge in [0.15, 0.2) is 0 Å². The Hall–Kier alpha value is -2.40. The maximum atomic E-state index is 11.7. The topological polar surface area (TPSA) is 53.5 Å². The maximum absolute atomic E-state index is 11.7. The normalized spacial score (nSPS) is 11.5. The van der Waals surface area contributed by atoms with Crippen LogP contribution in [0.25, 0.3) is 6.08 Å². The van der Waals surface area contributed by atoms with Crippen LogP contribution in [0, 0.1) is 6.92 Å². The summed E-state index contributed by atoms with van der Waals surface area (Å²) in [6.07, 6.45) is 3.47. The summed E-state index contributed by atoms with van der Waals surface area (Å²) in [6.45, 7) is 2.19. The van der Waals surface area contributed by atoms with Crippen LogP contribution in [0.4, 0.5) is 5.69 Å². The first-order chi connectivity index (χ1) is 11.1. The summed E-state index contributed by atoms with van der Waals surface area (Å²) in [6, 6.07) is 17.7. The zero-order valence-corrected chi connectivity index (χ0v) is 14.4. The van der Waals surface area contributed by atoms with Gasteiger partial charge in [0.1, 0.15) is 0 Å². The fourth-order valence-electron chi connectivity index (χ4n) is 1.80. The molecule has 0 aliphatic heterocycles. The summed E-state index contributed by atoms with van der Waals surface area (Å²) in [4.78, 5) is 11.7. The van der Waals surface area contributed by atoms with Crippen molar-refractivity contribution in [1.29, 1.82) is 0 Å². The summed E-state index contributed by atoms with van der Waals surface area (Å²) in [5, 5.41) is 6.95. The Kier molecular flexibility index (Phi) is 6.56. The molecule has 2 aromatic carbocycles. The summed E-state index contributed by atoms with van der Waals surface area (Å²) in [5.74, 6) is -0.207. The minimum atomic E-state index is -0.207. The Morgan fingerprint density at radius 1 is 1.13 bits per heavy atom. The van der Waals surface area contributed by atoms with Crippen molar-refractivity contribution in [3.05, 3.63) is 70.2 Å². The quantitative estimate of drug-likeness (QED) is 0.596. The number of aryl methyl sites for hydroxylation is 1. The Bertz CT molecular complexity index is 694. The number of carbonyl (C=O) groups excluding carboxylic acids is 1. The van der Waals surface area contributed by atoms with Crippen molar-refractivity contribution in [3.63, 3.8) is 0 Å². The van der Waals surface area contributed by atoms with Gasteiger partial charge in [-0.1, -0.05) is 48.0 Å². The summed E-state index contributed by atoms with van der Waals surface area (Å²) < 4.78 is 0.774. The molecule has 0 heterocycles. The van der Waals surface area contributed by atoms with Crippen molar-refractivity contribution < 1.29 is 4.79 Å². The standard InChI is InChI=1S/C18H18BrN3O/c1-14-7-9-17(10-8-14)20-13-18(23)22-21-12-16(19)11-15-5-3-2-4-6-15/h2-12,20H,13H2,1H3,(H,22,23)/b16-11-,21-12-. The van der Waals surface area contributed by atoms with Crippen LogP contribution in [0.5, 0.6) is 0 Å². The highest BCUT2D eigenvalue weighted by Crippen LogP contribution is 2.10. The fourth-order valence-corrected chi connectivity index (χ4v) is 2.17. The first-order valence-electron chi connectivity index (χ1n) is 7.18. The molecule has 2 rings (SSSR count). The van der Waals surface area contributed by atoms with E-state index < -0.39 is 0 Å². The Labute approximate surface area is 144 Å². The minimum Gasteiger partial charge on any atom is -0.376 e. The molecule has 1 amide bonds. The first kappa shape index (κ1) is 17.0. The van der Waals surface area contributed by atoms with Gasteiger partial charge in [0.2, 0.25) is 0 Å². The van der Waals surface area contributed by atoms with Gasteiger partial charge in [0, 0.05) is 10.2 Å². The molecule has 0 aromatic heterocycles. The summed E-state index contributed by atoms with van der Waals surface area (Å²) >= 11 is 3.39. The number of hydrogen-bond donors (Lipinski definition) is 2. The van der Waals surface area contributed by atoms with Gasteiger partial charge in [-0.05, 0) is 46.6 Å². The highest BCUT2D eigenvalue weighted by molar-refractivity contribution is 9.12. The lowest BCUT2D eigenvalue weighted by Gasteiger charge is -2.05. The zero-order valence-electron chi connectivity index (χ0n) is 12.8. The molecule has 0 aliphatic rings. The van der Waals surface area contributed by atoms with E-state index in [-0.39, 0.29) is 12.5 Å². The van der Waals surface area contributed by atoms with Crippen LogP contribution < -0.4 is 10.7 Å². The summed E-state index contributed by atoms with van der Waals surface area (Å²) in [5.41, 5.74) is 5.61. The van der Waals surface area contributed by atoms with Crippen LogP contribution in [0.1, 0.15) is 11.1 Å². The van der Waals surface area contributed by atoms with E-state index in [2.05, 4.69) is 31.8 Å². The third-order valence-electron chi connectivity index (χ3n) is 2.99. The molecule has 0 unspecified atom stereocenters. The lowest BCUT2D eigenvalue weighted by atomic mass is 10.2. The second-order valence-corrected chi connectivity index (χ2v) is 5.87. The molecule has 0 saturated carbocycles. The SMILES string of the molecule is Cc1ccc(NCC(=O)N/N=C\C(Br)=C\c2ccccc2)cc1. The second-order valence-electron chi connectivity index (χ2n) is 4.95. The van der Waals surface area contributed by atoms with Gasteiger partial charge in [-0.3, -0.25) is 4.79 Å². The molecule has 4 nitrogen and oxygen atoms in total. The van der Waals surface area contributed by atoms with Gasteiger partial charge < -0.3 is 5.32 Å². The van der Waals surface area contributed by atoms with Crippen molar-refractivity contribution in [2.75, 3.05) is 11.9 Å². The van der Waals surface area contributed by atoms with E-state index in [1.165, 1.54) is 5.56 Å². The number of hydrazone groups is 1. The van der Waals surface area contributed by atoms with Crippen LogP contribution in [0.3, 0.4) is 0 Å². The fraction of sp³-hybridized carbons (Fsp3) is 0.111. The van der Waals surface area contributed by atoms with Crippen molar-refractivity contribution in [1.82, 2.24) is 5.43 Å². The van der Waals surface area contributed by atoms with E-state index in [1.807, 2.05) is 67.6 Å². The van der Waals surface area contributed by atoms with Gasteiger partial charge in [-0.25, -0.2) is 5.43 Å². The van der Waals surface area contributed by atoms with Gasteiger partial charge in [0.05, 0.1) is 12.8 Å². The predicted molar refractivity (Wildman–Crippen MR) is 99.6 cm³/mol. The van der Waals surface area contributed by atoms with E-state index in [0.29, 0.717) is 0 Å². The van der Waals surface area contributed by atoms with E-state index in [0.717, 1.165) is 15.7 Å². The number of nitrogens with zero attached hydrogens (tertiary/aromatic N) is 1. The van der Waals surface area contributed by atoms with Gasteiger partial charge in [0.25, 0.3) is 5.91 Å². The number of allylic oxidation sites excluding steroid dienone is 1. The van der Waals surface area contributed by atoms with Crippen LogP contribution in [-0.4, -0.2) is 18.7 Å². The predicted octanol–water partition coefficient (Wildman–Crippen LogP) is 3.94. The molecular formula is C18H18BrN3O. The van der Waals surface area contributed by atoms with E-state index in [4.69, 9.17) is 0 Å². The third kappa shape index (κ3) is 6.48. The smallest absolute Gasteiger partial charge is 0.259 e. The van der Waals surface area contributed by atoms with E-state index in [1.54, 1.807) is 6.21 Å². The highest BCUT2D eigenvalue weighted by atomic mass is 79.9. The van der Waals surface area contributed by atoms with Crippen LogP contribution in [0.2, 0.25) is 0 Å². The van der Waals surface area contributed by atoms with Crippen molar-refractivity contribution in [2.24, 2.45) is 5.10 Å². The van der Waals surface area contributed by atoms with Crippen molar-refractivity contribution in [3.8, 4) is 0 Å². The molecule has 0 bridgehead atoms. The lowest BCUT2D eigenvalue weighted by Crippen LogP contribution is -2.25. The number of nitrogens with one attached hydrogen (secondary N) is 2. The Morgan fingerprint density at radius 2 is 1.83 bits per heavy atom. The number of benzene rings is 2. The van der Waals surface area contributed by atoms with Crippen LogP contribution in [0.15, 0.2) is 64.2 Å². The highest BCUT2D eigenvalue weighted by Gasteiger charge is 1.99. The average molecular weight is 372 g/mol. The Morgan fingerprint density at radius 3 is 2.52 bits per heavy atom. The molecule has 0 atom stereocenters. The van der Waals surface area contributed by atoms with Crippen LogP contribution in [-0.2, 0) is 4.79 Å². The molecule has 0 saturated heterocycles. The number of anilines is 1. The molecule has 5 heteroatoms. The Balaban J connectivity index is 1.77. The lowest BCUT2D eigenvalue weighted by molar-refractivity contribution is -0.119. The number of hydrogen-bond acceptors (Lipinski definition) is 3. The van der Waals surface area contributed by atoms with E-state index in [9.17, 15) is 4.79 Å². The zero-order chi connectivity index (χ0) is 16.5. The molecule has 2 aromatic rings. The molecule has 2 N–H and O–H groups in total. The molecule has 0 radical (unpaired) electrons. The maximum Gasteiger partial charge on any atom is 0.259 e. The van der Waals surface area contributed by atoms with Gasteiger partial charge in [-0.2, -0.15) is 5.10 Å². The molecule has 23 heavy (non-hydrogen) atoms. The van der Waals surface area contributed by atoms with Gasteiger partial charge in [-0.15, -0.1) is 0 Å². The minimum absolute atomic E-state index is 0.167. The second kappa shape index (κ2) is 8.90. The number of carbonyl (C=O) groups is 1. The van der Waals surface area contributed by atoms with Crippen molar-refractivity contribution in [2.45, 2.75) is 6.92 Å². The number of amides is 1. The average Bonchev–Trinajstić information content (AvgIpc) is 2.55. The number of halogens is 1. The molecule has 0 fully saturated rings. The molecule has 118 valence electrons. The largest absolute Gasteiger partial charge is 0.376 e.